The third-order valence-corrected chi connectivity index (χ3v) is 5.03. The molecule has 0 fully saturated rings. The van der Waals surface area contributed by atoms with Crippen LogP contribution in [0.1, 0.15) is 22.3 Å². The number of carbonyl (C=O) groups is 2. The lowest BCUT2D eigenvalue weighted by atomic mass is 10.2. The molecule has 3 aromatic rings. The Balaban J connectivity index is 1.67. The lowest BCUT2D eigenvalue weighted by Crippen LogP contribution is -2.30. The van der Waals surface area contributed by atoms with E-state index in [9.17, 15) is 18.4 Å². The Morgan fingerprint density at radius 2 is 1.82 bits per heavy atom. The molecule has 0 spiro atoms. The summed E-state index contributed by atoms with van der Waals surface area (Å²) in [5.41, 5.74) is 1.44. The smallest absolute Gasteiger partial charge is 0.351 e. The van der Waals surface area contributed by atoms with Crippen LogP contribution in [0.2, 0.25) is 0 Å². The van der Waals surface area contributed by atoms with Gasteiger partial charge in [-0.25, -0.2) is 18.6 Å². The average Bonchev–Trinajstić information content (AvgIpc) is 3.07. The summed E-state index contributed by atoms with van der Waals surface area (Å²) in [6.07, 6.45) is -1.14. The molecule has 0 aliphatic heterocycles. The number of aryl methyl sites for hydroxylation is 1. The van der Waals surface area contributed by atoms with E-state index in [2.05, 4.69) is 10.3 Å². The molecule has 1 heterocycles. The van der Waals surface area contributed by atoms with E-state index in [0.29, 0.717) is 15.6 Å². The third kappa shape index (κ3) is 4.40. The maximum absolute atomic E-state index is 13.2. The van der Waals surface area contributed by atoms with Gasteiger partial charge in [-0.2, -0.15) is 0 Å². The zero-order chi connectivity index (χ0) is 20.3. The fraction of sp³-hybridized carbons (Fsp3) is 0.150. The Morgan fingerprint density at radius 1 is 1.11 bits per heavy atom. The van der Waals surface area contributed by atoms with E-state index in [-0.39, 0.29) is 5.69 Å². The molecule has 1 aromatic heterocycles. The summed E-state index contributed by atoms with van der Waals surface area (Å²) < 4.78 is 31.4. The molecule has 1 N–H and O–H groups in total. The van der Waals surface area contributed by atoms with Gasteiger partial charge in [0.1, 0.15) is 9.88 Å². The van der Waals surface area contributed by atoms with E-state index in [0.717, 1.165) is 17.7 Å². The van der Waals surface area contributed by atoms with Crippen molar-refractivity contribution >= 4 is 28.9 Å². The number of amides is 1. The van der Waals surface area contributed by atoms with Crippen molar-refractivity contribution < 1.29 is 23.1 Å². The number of carbonyl (C=O) groups excluding carboxylic acids is 2. The molecule has 144 valence electrons. The van der Waals surface area contributed by atoms with Crippen LogP contribution in [0.4, 0.5) is 14.5 Å². The number of nitrogens with zero attached hydrogens (tertiary/aromatic N) is 1. The molecule has 1 atom stereocenters. The van der Waals surface area contributed by atoms with Gasteiger partial charge in [0.2, 0.25) is 0 Å². The molecule has 1 amide bonds. The van der Waals surface area contributed by atoms with Gasteiger partial charge in [0.15, 0.2) is 17.7 Å². The molecular formula is C20H16F2N2O3S. The number of rotatable bonds is 5. The van der Waals surface area contributed by atoms with Crippen molar-refractivity contribution in [2.45, 2.75) is 20.0 Å². The molecule has 0 saturated heterocycles. The number of esters is 1. The second kappa shape index (κ2) is 8.26. The molecule has 0 saturated carbocycles. The van der Waals surface area contributed by atoms with Gasteiger partial charge in [0.25, 0.3) is 5.91 Å². The van der Waals surface area contributed by atoms with Gasteiger partial charge >= 0.3 is 5.97 Å². The maximum atomic E-state index is 13.2. The molecule has 28 heavy (non-hydrogen) atoms. The fourth-order valence-electron chi connectivity index (χ4n) is 2.38. The van der Waals surface area contributed by atoms with Crippen LogP contribution in [-0.2, 0) is 9.53 Å². The minimum Gasteiger partial charge on any atom is -0.448 e. The molecule has 0 aliphatic carbocycles. The van der Waals surface area contributed by atoms with Crippen molar-refractivity contribution in [2.24, 2.45) is 0 Å². The predicted molar refractivity (Wildman–Crippen MR) is 102 cm³/mol. The number of hydrogen-bond donors (Lipinski definition) is 1. The number of halogens is 2. The van der Waals surface area contributed by atoms with E-state index in [1.54, 1.807) is 6.92 Å². The van der Waals surface area contributed by atoms with Crippen LogP contribution in [0.3, 0.4) is 0 Å². The molecule has 5 nitrogen and oxygen atoms in total. The average molecular weight is 402 g/mol. The van der Waals surface area contributed by atoms with Crippen LogP contribution in [-0.4, -0.2) is 23.0 Å². The summed E-state index contributed by atoms with van der Waals surface area (Å²) in [5, 5.41) is 3.05. The lowest BCUT2D eigenvalue weighted by molar-refractivity contribution is -0.123. The van der Waals surface area contributed by atoms with E-state index in [1.165, 1.54) is 24.3 Å². The first-order valence-corrected chi connectivity index (χ1v) is 9.16. The number of aromatic nitrogens is 1. The monoisotopic (exact) mass is 402 g/mol. The van der Waals surface area contributed by atoms with E-state index < -0.39 is 29.6 Å². The minimum atomic E-state index is -1.14. The summed E-state index contributed by atoms with van der Waals surface area (Å²) >= 11 is 1.17. The van der Waals surface area contributed by atoms with E-state index in [1.807, 2.05) is 30.3 Å². The standard InChI is InChI=1S/C20H16F2N2O3S/c1-11-17(28-19(23-11)13-6-4-3-5-7-13)20(26)27-12(2)18(25)24-14-8-9-15(21)16(22)10-14/h3-10,12H,1-2H3,(H,24,25)/t12-/m1/s1. The highest BCUT2D eigenvalue weighted by Gasteiger charge is 2.23. The highest BCUT2D eigenvalue weighted by atomic mass is 32.1. The van der Waals surface area contributed by atoms with Gasteiger partial charge in [0.05, 0.1) is 5.69 Å². The van der Waals surface area contributed by atoms with Crippen LogP contribution >= 0.6 is 11.3 Å². The van der Waals surface area contributed by atoms with Crippen LogP contribution in [0.5, 0.6) is 0 Å². The molecular weight excluding hydrogens is 386 g/mol. The summed E-state index contributed by atoms with van der Waals surface area (Å²) in [7, 11) is 0. The van der Waals surface area contributed by atoms with Gasteiger partial charge in [0, 0.05) is 17.3 Å². The van der Waals surface area contributed by atoms with Crippen molar-refractivity contribution in [1.29, 1.82) is 0 Å². The predicted octanol–water partition coefficient (Wildman–Crippen LogP) is 4.58. The molecule has 0 bridgehead atoms. The zero-order valence-corrected chi connectivity index (χ0v) is 15.8. The molecule has 0 radical (unpaired) electrons. The van der Waals surface area contributed by atoms with Gasteiger partial charge in [-0.1, -0.05) is 30.3 Å². The van der Waals surface area contributed by atoms with Crippen LogP contribution in [0.25, 0.3) is 10.6 Å². The normalized spacial score (nSPS) is 11.7. The number of ether oxygens (including phenoxy) is 1. The van der Waals surface area contributed by atoms with Crippen molar-refractivity contribution in [3.63, 3.8) is 0 Å². The molecule has 2 aromatic carbocycles. The van der Waals surface area contributed by atoms with Crippen molar-refractivity contribution in [3.05, 3.63) is 70.7 Å². The largest absolute Gasteiger partial charge is 0.448 e. The highest BCUT2D eigenvalue weighted by Crippen LogP contribution is 2.28. The van der Waals surface area contributed by atoms with Crippen molar-refractivity contribution in [1.82, 2.24) is 4.98 Å². The SMILES string of the molecule is Cc1nc(-c2ccccc2)sc1C(=O)O[C@H](C)C(=O)Nc1ccc(F)c(F)c1. The first-order valence-electron chi connectivity index (χ1n) is 8.35. The molecule has 3 rings (SSSR count). The Bertz CT molecular complexity index is 1020. The number of nitrogens with one attached hydrogen (secondary N) is 1. The van der Waals surface area contributed by atoms with Gasteiger partial charge < -0.3 is 10.1 Å². The maximum Gasteiger partial charge on any atom is 0.351 e. The zero-order valence-electron chi connectivity index (χ0n) is 15.0. The van der Waals surface area contributed by atoms with Gasteiger partial charge in [-0.3, -0.25) is 4.79 Å². The van der Waals surface area contributed by atoms with Crippen LogP contribution < -0.4 is 5.32 Å². The number of benzene rings is 2. The Morgan fingerprint density at radius 3 is 2.50 bits per heavy atom. The second-order valence-electron chi connectivity index (χ2n) is 5.97. The molecule has 8 heteroatoms. The highest BCUT2D eigenvalue weighted by molar-refractivity contribution is 7.17. The summed E-state index contributed by atoms with van der Waals surface area (Å²) in [5.74, 6) is -3.45. The molecule has 0 unspecified atom stereocenters. The summed E-state index contributed by atoms with van der Waals surface area (Å²) in [4.78, 5) is 29.3. The van der Waals surface area contributed by atoms with Crippen LogP contribution in [0, 0.1) is 18.6 Å². The van der Waals surface area contributed by atoms with Gasteiger partial charge in [-0.15, -0.1) is 11.3 Å². The van der Waals surface area contributed by atoms with E-state index in [4.69, 9.17) is 4.74 Å². The summed E-state index contributed by atoms with van der Waals surface area (Å²) in [6.45, 7) is 3.08. The summed E-state index contributed by atoms with van der Waals surface area (Å²) in [6, 6.07) is 12.3. The Labute approximate surface area is 164 Å². The first kappa shape index (κ1) is 19.6. The molecule has 0 aliphatic rings. The van der Waals surface area contributed by atoms with E-state index >= 15 is 0 Å². The third-order valence-electron chi connectivity index (χ3n) is 3.84. The van der Waals surface area contributed by atoms with Crippen molar-refractivity contribution in [3.8, 4) is 10.6 Å². The lowest BCUT2D eigenvalue weighted by Gasteiger charge is -2.13. The Hall–Kier alpha value is -3.13. The number of anilines is 1. The Kier molecular flexibility index (Phi) is 5.79. The topological polar surface area (TPSA) is 68.3 Å². The van der Waals surface area contributed by atoms with Crippen molar-refractivity contribution in [2.75, 3.05) is 5.32 Å². The second-order valence-corrected chi connectivity index (χ2v) is 6.96. The van der Waals surface area contributed by atoms with Crippen LogP contribution in [0.15, 0.2) is 48.5 Å². The van der Waals surface area contributed by atoms with Gasteiger partial charge in [-0.05, 0) is 26.0 Å². The fourth-order valence-corrected chi connectivity index (χ4v) is 3.33. The minimum absolute atomic E-state index is 0.0622. The number of thiazole rings is 1. The first-order chi connectivity index (χ1) is 13.3. The number of hydrogen-bond acceptors (Lipinski definition) is 5. The quantitative estimate of drug-likeness (QED) is 0.635.